The number of aryl methyl sites for hydroxylation is 1. The first-order chi connectivity index (χ1) is 12.0. The van der Waals surface area contributed by atoms with Gasteiger partial charge in [-0.15, -0.1) is 0 Å². The van der Waals surface area contributed by atoms with Gasteiger partial charge in [0.1, 0.15) is 17.3 Å². The molecule has 0 bridgehead atoms. The zero-order valence-electron chi connectivity index (χ0n) is 13.3. The van der Waals surface area contributed by atoms with E-state index in [0.717, 1.165) is 5.56 Å². The van der Waals surface area contributed by atoms with Gasteiger partial charge >= 0.3 is 0 Å². The number of fused-ring (bicyclic) bond motifs is 1. The van der Waals surface area contributed by atoms with Crippen LogP contribution in [0.25, 0.3) is 0 Å². The number of carbonyl (C=O) groups is 1. The molecule has 2 aromatic carbocycles. The molecule has 2 aromatic rings. The third-order valence-corrected chi connectivity index (χ3v) is 5.67. The molecule has 0 atom stereocenters. The van der Waals surface area contributed by atoms with Gasteiger partial charge in [0.15, 0.2) is 0 Å². The van der Waals surface area contributed by atoms with E-state index in [1.165, 1.54) is 6.07 Å². The quantitative estimate of drug-likeness (QED) is 0.754. The van der Waals surface area contributed by atoms with Crippen LogP contribution in [0.1, 0.15) is 12.0 Å². The van der Waals surface area contributed by atoms with E-state index < -0.39 is 10.0 Å². The van der Waals surface area contributed by atoms with E-state index in [1.807, 2.05) is 18.2 Å². The third-order valence-electron chi connectivity index (χ3n) is 3.75. The molecule has 0 saturated carbocycles. The number of ether oxygens (including phenoxy) is 1. The number of sulfonamides is 1. The Morgan fingerprint density at radius 3 is 2.68 bits per heavy atom. The number of hydrogen-bond donors (Lipinski definition) is 2. The minimum atomic E-state index is -3.81. The van der Waals surface area contributed by atoms with Crippen molar-refractivity contribution in [1.82, 2.24) is 4.72 Å². The average molecular weight is 381 g/mol. The monoisotopic (exact) mass is 380 g/mol. The number of rotatable bonds is 6. The highest BCUT2D eigenvalue weighted by atomic mass is 35.5. The maximum atomic E-state index is 12.5. The normalized spacial score (nSPS) is 13.9. The molecule has 132 valence electrons. The highest BCUT2D eigenvalue weighted by molar-refractivity contribution is 7.89. The van der Waals surface area contributed by atoms with E-state index in [9.17, 15) is 13.2 Å². The van der Waals surface area contributed by atoms with Crippen molar-refractivity contribution in [3.05, 3.63) is 53.1 Å². The van der Waals surface area contributed by atoms with Gasteiger partial charge in [-0.1, -0.05) is 29.8 Å². The molecule has 8 heteroatoms. The smallest absolute Gasteiger partial charge is 0.242 e. The highest BCUT2D eigenvalue weighted by Crippen LogP contribution is 2.31. The van der Waals surface area contributed by atoms with Gasteiger partial charge in [0.25, 0.3) is 0 Å². The number of anilines is 1. The number of para-hydroxylation sites is 1. The fourth-order valence-corrected chi connectivity index (χ4v) is 4.11. The van der Waals surface area contributed by atoms with E-state index >= 15 is 0 Å². The van der Waals surface area contributed by atoms with E-state index in [1.54, 1.807) is 18.2 Å². The highest BCUT2D eigenvalue weighted by Gasteiger charge is 2.23. The van der Waals surface area contributed by atoms with Gasteiger partial charge in [-0.05, 0) is 36.2 Å². The number of halogens is 1. The Kier molecular flexibility index (Phi) is 5.27. The molecule has 0 unspecified atom stereocenters. The molecule has 3 rings (SSSR count). The first-order valence-corrected chi connectivity index (χ1v) is 9.61. The summed E-state index contributed by atoms with van der Waals surface area (Å²) in [6.07, 6.45) is 0.907. The minimum Gasteiger partial charge on any atom is -0.492 e. The minimum absolute atomic E-state index is 0.0603. The van der Waals surface area contributed by atoms with Crippen molar-refractivity contribution >= 4 is 33.2 Å². The standard InChI is InChI=1S/C17H17ClN2O4S/c18-14-10-12-6-7-17(21)20-15(12)11-16(14)25(22,23)19-8-9-24-13-4-2-1-3-5-13/h1-5,10-11,19H,6-9H2,(H,20,21). The first-order valence-electron chi connectivity index (χ1n) is 7.75. The number of nitrogens with one attached hydrogen (secondary N) is 2. The van der Waals surface area contributed by atoms with E-state index in [2.05, 4.69) is 10.0 Å². The third kappa shape index (κ3) is 4.31. The molecule has 1 heterocycles. The second kappa shape index (κ2) is 7.43. The van der Waals surface area contributed by atoms with Gasteiger partial charge in [0, 0.05) is 18.7 Å². The van der Waals surface area contributed by atoms with Crippen molar-refractivity contribution in [3.8, 4) is 5.75 Å². The van der Waals surface area contributed by atoms with Crippen molar-refractivity contribution in [2.75, 3.05) is 18.5 Å². The molecule has 0 saturated heterocycles. The van der Waals surface area contributed by atoms with Crippen LogP contribution in [-0.4, -0.2) is 27.5 Å². The Morgan fingerprint density at radius 2 is 1.92 bits per heavy atom. The molecular formula is C17H17ClN2O4S. The van der Waals surface area contributed by atoms with Crippen LogP contribution in [0, 0.1) is 0 Å². The van der Waals surface area contributed by atoms with Crippen LogP contribution in [-0.2, 0) is 21.2 Å². The molecule has 0 fully saturated rings. The van der Waals surface area contributed by atoms with Crippen LogP contribution < -0.4 is 14.8 Å². The predicted molar refractivity (Wildman–Crippen MR) is 95.5 cm³/mol. The molecule has 6 nitrogen and oxygen atoms in total. The summed E-state index contributed by atoms with van der Waals surface area (Å²) in [5.74, 6) is 0.526. The SMILES string of the molecule is O=C1CCc2cc(Cl)c(S(=O)(=O)NCCOc3ccccc3)cc2N1. The van der Waals surface area contributed by atoms with Gasteiger partial charge in [0.2, 0.25) is 15.9 Å². The van der Waals surface area contributed by atoms with Crippen LogP contribution in [0.15, 0.2) is 47.4 Å². The number of amides is 1. The van der Waals surface area contributed by atoms with Crippen molar-refractivity contribution in [2.24, 2.45) is 0 Å². The average Bonchev–Trinajstić information content (AvgIpc) is 2.59. The van der Waals surface area contributed by atoms with Crippen LogP contribution >= 0.6 is 11.6 Å². The van der Waals surface area contributed by atoms with Gasteiger partial charge in [0.05, 0.1) is 5.02 Å². The van der Waals surface area contributed by atoms with Crippen LogP contribution in [0.5, 0.6) is 5.75 Å². The fraction of sp³-hybridized carbons (Fsp3) is 0.235. The lowest BCUT2D eigenvalue weighted by molar-refractivity contribution is -0.116. The summed E-state index contributed by atoms with van der Waals surface area (Å²) in [6, 6.07) is 12.1. The topological polar surface area (TPSA) is 84.5 Å². The lowest BCUT2D eigenvalue weighted by Crippen LogP contribution is -2.29. The molecule has 25 heavy (non-hydrogen) atoms. The molecule has 0 aromatic heterocycles. The molecule has 0 spiro atoms. The molecule has 1 aliphatic rings. The lowest BCUT2D eigenvalue weighted by Gasteiger charge is -2.19. The number of hydrogen-bond acceptors (Lipinski definition) is 4. The van der Waals surface area contributed by atoms with Crippen molar-refractivity contribution in [1.29, 1.82) is 0 Å². The summed E-state index contributed by atoms with van der Waals surface area (Å²) in [5, 5.41) is 2.80. The van der Waals surface area contributed by atoms with Crippen molar-refractivity contribution in [3.63, 3.8) is 0 Å². The summed E-state index contributed by atoms with van der Waals surface area (Å²) in [7, 11) is -3.81. The second-order valence-electron chi connectivity index (χ2n) is 5.55. The Morgan fingerprint density at radius 1 is 1.16 bits per heavy atom. The predicted octanol–water partition coefficient (Wildman–Crippen LogP) is 2.58. The van der Waals surface area contributed by atoms with E-state index in [-0.39, 0.29) is 29.0 Å². The van der Waals surface area contributed by atoms with Crippen LogP contribution in [0.2, 0.25) is 5.02 Å². The Hall–Kier alpha value is -2.09. The fourth-order valence-electron chi connectivity index (χ4n) is 2.52. The lowest BCUT2D eigenvalue weighted by atomic mass is 10.0. The largest absolute Gasteiger partial charge is 0.492 e. The number of benzene rings is 2. The maximum Gasteiger partial charge on any atom is 0.242 e. The Bertz CT molecular complexity index is 885. The van der Waals surface area contributed by atoms with Gasteiger partial charge in [-0.25, -0.2) is 13.1 Å². The first kappa shape index (κ1) is 17.7. The van der Waals surface area contributed by atoms with E-state index in [0.29, 0.717) is 24.3 Å². The molecule has 1 amide bonds. The van der Waals surface area contributed by atoms with Gasteiger partial charge in [-0.3, -0.25) is 4.79 Å². The zero-order chi connectivity index (χ0) is 17.9. The van der Waals surface area contributed by atoms with Gasteiger partial charge < -0.3 is 10.1 Å². The zero-order valence-corrected chi connectivity index (χ0v) is 14.9. The van der Waals surface area contributed by atoms with Gasteiger partial charge in [-0.2, -0.15) is 0 Å². The summed E-state index contributed by atoms with van der Waals surface area (Å²) < 4.78 is 32.8. The Labute approximate surface area is 151 Å². The second-order valence-corrected chi connectivity index (χ2v) is 7.69. The summed E-state index contributed by atoms with van der Waals surface area (Å²) >= 11 is 6.13. The summed E-state index contributed by atoms with van der Waals surface area (Å²) in [4.78, 5) is 11.4. The maximum absolute atomic E-state index is 12.5. The van der Waals surface area contributed by atoms with Crippen molar-refractivity contribution in [2.45, 2.75) is 17.7 Å². The Balaban J connectivity index is 1.67. The van der Waals surface area contributed by atoms with Crippen molar-refractivity contribution < 1.29 is 17.9 Å². The van der Waals surface area contributed by atoms with E-state index in [4.69, 9.17) is 16.3 Å². The molecule has 1 aliphatic heterocycles. The summed E-state index contributed by atoms with van der Waals surface area (Å²) in [6.45, 7) is 0.277. The summed E-state index contributed by atoms with van der Waals surface area (Å²) in [5.41, 5.74) is 1.32. The molecular weight excluding hydrogens is 364 g/mol. The van der Waals surface area contributed by atoms with Crippen LogP contribution in [0.3, 0.4) is 0 Å². The number of carbonyl (C=O) groups excluding carboxylic acids is 1. The molecule has 2 N–H and O–H groups in total. The van der Waals surface area contributed by atoms with Crippen LogP contribution in [0.4, 0.5) is 5.69 Å². The molecule has 0 aliphatic carbocycles. The molecule has 0 radical (unpaired) electrons.